The Kier molecular flexibility index (Phi) is 4.52. The Morgan fingerprint density at radius 2 is 2.28 bits per heavy atom. The Labute approximate surface area is 112 Å². The zero-order chi connectivity index (χ0) is 13.0. The molecule has 0 aromatic carbocycles. The quantitative estimate of drug-likeness (QED) is 0.871. The van der Waals surface area contributed by atoms with Crippen LogP contribution < -0.4 is 15.8 Å². The number of rotatable bonds is 4. The predicted octanol–water partition coefficient (Wildman–Crippen LogP) is 2.15. The third-order valence-corrected chi connectivity index (χ3v) is 4.44. The van der Waals surface area contributed by atoms with E-state index in [1.165, 1.54) is 25.6 Å². The highest BCUT2D eigenvalue weighted by Gasteiger charge is 2.22. The molecule has 2 unspecified atom stereocenters. The third-order valence-electron chi connectivity index (χ3n) is 3.34. The van der Waals surface area contributed by atoms with Crippen molar-refractivity contribution in [3.05, 3.63) is 6.33 Å². The standard InChI is InChI=1S/C12H20N4OS/c1-17-12-10(13)11(14-7-15-12)16-8-4-3-5-9(6-8)18-2/h7-9H,3-6,13H2,1-2H3,(H,14,15,16). The minimum absolute atomic E-state index is 0.435. The molecule has 18 heavy (non-hydrogen) atoms. The fourth-order valence-corrected chi connectivity index (χ4v) is 3.17. The molecule has 0 saturated heterocycles. The smallest absolute Gasteiger partial charge is 0.242 e. The number of ether oxygens (including phenoxy) is 1. The third kappa shape index (κ3) is 2.98. The van der Waals surface area contributed by atoms with E-state index in [-0.39, 0.29) is 0 Å². The van der Waals surface area contributed by atoms with E-state index in [9.17, 15) is 0 Å². The number of nitrogens with two attached hydrogens (primary N) is 1. The van der Waals surface area contributed by atoms with Gasteiger partial charge in [-0.05, 0) is 25.5 Å². The number of hydrogen-bond donors (Lipinski definition) is 2. The van der Waals surface area contributed by atoms with E-state index < -0.39 is 0 Å². The van der Waals surface area contributed by atoms with Crippen LogP contribution in [-0.2, 0) is 0 Å². The molecule has 1 heterocycles. The van der Waals surface area contributed by atoms with Crippen LogP contribution in [0, 0.1) is 0 Å². The Hall–Kier alpha value is -1.17. The Bertz CT molecular complexity index is 402. The van der Waals surface area contributed by atoms with Crippen molar-refractivity contribution in [2.45, 2.75) is 37.0 Å². The van der Waals surface area contributed by atoms with Gasteiger partial charge in [0.1, 0.15) is 12.0 Å². The Morgan fingerprint density at radius 3 is 3.00 bits per heavy atom. The fraction of sp³-hybridized carbons (Fsp3) is 0.667. The largest absolute Gasteiger partial charge is 0.479 e. The van der Waals surface area contributed by atoms with Crippen LogP contribution in [0.3, 0.4) is 0 Å². The predicted molar refractivity (Wildman–Crippen MR) is 76.2 cm³/mol. The molecule has 1 aromatic rings. The molecule has 1 aliphatic carbocycles. The molecule has 3 N–H and O–H groups in total. The van der Waals surface area contributed by atoms with Gasteiger partial charge in [0.05, 0.1) is 7.11 Å². The van der Waals surface area contributed by atoms with Gasteiger partial charge in [0.25, 0.3) is 0 Å². The maximum absolute atomic E-state index is 5.96. The first-order valence-corrected chi connectivity index (χ1v) is 7.47. The van der Waals surface area contributed by atoms with Gasteiger partial charge >= 0.3 is 0 Å². The highest BCUT2D eigenvalue weighted by atomic mass is 32.2. The summed E-state index contributed by atoms with van der Waals surface area (Å²) in [4.78, 5) is 8.18. The topological polar surface area (TPSA) is 73.1 Å². The summed E-state index contributed by atoms with van der Waals surface area (Å²) in [5, 5.41) is 4.16. The van der Waals surface area contributed by atoms with Gasteiger partial charge in [0.2, 0.25) is 5.88 Å². The lowest BCUT2D eigenvalue weighted by molar-refractivity contribution is 0.399. The van der Waals surface area contributed by atoms with Crippen molar-refractivity contribution in [2.24, 2.45) is 0 Å². The monoisotopic (exact) mass is 268 g/mol. The first kappa shape index (κ1) is 13.3. The van der Waals surface area contributed by atoms with Crippen LogP contribution >= 0.6 is 11.8 Å². The average Bonchev–Trinajstić information content (AvgIpc) is 2.41. The van der Waals surface area contributed by atoms with E-state index in [0.717, 1.165) is 11.7 Å². The van der Waals surface area contributed by atoms with E-state index in [2.05, 4.69) is 21.5 Å². The molecule has 5 nitrogen and oxygen atoms in total. The van der Waals surface area contributed by atoms with Crippen molar-refractivity contribution < 1.29 is 4.74 Å². The number of hydrogen-bond acceptors (Lipinski definition) is 6. The van der Waals surface area contributed by atoms with Crippen LogP contribution in [0.25, 0.3) is 0 Å². The van der Waals surface area contributed by atoms with Crippen molar-refractivity contribution in [1.29, 1.82) is 0 Å². The van der Waals surface area contributed by atoms with Gasteiger partial charge in [-0.1, -0.05) is 6.42 Å². The van der Waals surface area contributed by atoms with Crippen molar-refractivity contribution in [3.8, 4) is 5.88 Å². The van der Waals surface area contributed by atoms with Crippen molar-refractivity contribution in [3.63, 3.8) is 0 Å². The van der Waals surface area contributed by atoms with Crippen molar-refractivity contribution in [2.75, 3.05) is 24.4 Å². The van der Waals surface area contributed by atoms with Gasteiger partial charge in [0, 0.05) is 11.3 Å². The van der Waals surface area contributed by atoms with E-state index in [0.29, 0.717) is 23.4 Å². The minimum atomic E-state index is 0.435. The molecule has 0 radical (unpaired) electrons. The van der Waals surface area contributed by atoms with Gasteiger partial charge in [0.15, 0.2) is 5.82 Å². The summed E-state index contributed by atoms with van der Waals surface area (Å²) in [6.07, 6.45) is 8.55. The SMILES string of the molecule is COc1ncnc(NC2CCCC(SC)C2)c1N. The highest BCUT2D eigenvalue weighted by Crippen LogP contribution is 2.31. The number of nitrogens with zero attached hydrogens (tertiary/aromatic N) is 2. The number of thioether (sulfide) groups is 1. The summed E-state index contributed by atoms with van der Waals surface area (Å²) >= 11 is 1.94. The molecular formula is C12H20N4OS. The molecule has 1 fully saturated rings. The molecule has 2 atom stereocenters. The number of aromatic nitrogens is 2. The van der Waals surface area contributed by atoms with Gasteiger partial charge in [-0.15, -0.1) is 0 Å². The molecule has 1 saturated carbocycles. The van der Waals surface area contributed by atoms with Gasteiger partial charge < -0.3 is 15.8 Å². The molecule has 1 aliphatic rings. The summed E-state index contributed by atoms with van der Waals surface area (Å²) in [5.41, 5.74) is 6.45. The van der Waals surface area contributed by atoms with Gasteiger partial charge in [-0.2, -0.15) is 16.7 Å². The van der Waals surface area contributed by atoms with Crippen LogP contribution in [0.4, 0.5) is 11.5 Å². The normalized spacial score (nSPS) is 23.7. The van der Waals surface area contributed by atoms with Crippen LogP contribution in [-0.4, -0.2) is 34.6 Å². The Balaban J connectivity index is 2.04. The lowest BCUT2D eigenvalue weighted by Gasteiger charge is -2.29. The molecular weight excluding hydrogens is 248 g/mol. The van der Waals surface area contributed by atoms with E-state index in [1.54, 1.807) is 7.11 Å². The van der Waals surface area contributed by atoms with Crippen LogP contribution in [0.2, 0.25) is 0 Å². The molecule has 100 valence electrons. The van der Waals surface area contributed by atoms with Gasteiger partial charge in [-0.25, -0.2) is 4.98 Å². The Morgan fingerprint density at radius 1 is 1.44 bits per heavy atom. The van der Waals surface area contributed by atoms with Crippen LogP contribution in [0.5, 0.6) is 5.88 Å². The fourth-order valence-electron chi connectivity index (χ4n) is 2.34. The first-order chi connectivity index (χ1) is 8.74. The van der Waals surface area contributed by atoms with Crippen molar-refractivity contribution >= 4 is 23.3 Å². The van der Waals surface area contributed by atoms with Crippen LogP contribution in [0.1, 0.15) is 25.7 Å². The molecule has 0 bridgehead atoms. The van der Waals surface area contributed by atoms with E-state index in [1.807, 2.05) is 11.8 Å². The number of methoxy groups -OCH3 is 1. The second-order valence-electron chi connectivity index (χ2n) is 4.51. The zero-order valence-electron chi connectivity index (χ0n) is 10.8. The first-order valence-electron chi connectivity index (χ1n) is 6.18. The zero-order valence-corrected chi connectivity index (χ0v) is 11.7. The maximum Gasteiger partial charge on any atom is 0.242 e. The molecule has 0 amide bonds. The van der Waals surface area contributed by atoms with Gasteiger partial charge in [-0.3, -0.25) is 0 Å². The summed E-state index contributed by atoms with van der Waals surface area (Å²) in [6.45, 7) is 0. The summed E-state index contributed by atoms with van der Waals surface area (Å²) < 4.78 is 5.10. The summed E-state index contributed by atoms with van der Waals surface area (Å²) in [6, 6.07) is 0.443. The summed E-state index contributed by atoms with van der Waals surface area (Å²) in [5.74, 6) is 1.12. The minimum Gasteiger partial charge on any atom is -0.479 e. The number of anilines is 2. The number of nitrogen functional groups attached to an aromatic ring is 1. The van der Waals surface area contributed by atoms with Crippen molar-refractivity contribution in [1.82, 2.24) is 9.97 Å². The summed E-state index contributed by atoms with van der Waals surface area (Å²) in [7, 11) is 1.56. The molecule has 0 spiro atoms. The maximum atomic E-state index is 5.96. The molecule has 6 heteroatoms. The number of nitrogens with one attached hydrogen (secondary N) is 1. The second kappa shape index (κ2) is 6.13. The molecule has 0 aliphatic heterocycles. The lowest BCUT2D eigenvalue weighted by Crippen LogP contribution is -2.29. The highest BCUT2D eigenvalue weighted by molar-refractivity contribution is 7.99. The van der Waals surface area contributed by atoms with E-state index >= 15 is 0 Å². The lowest BCUT2D eigenvalue weighted by atomic mass is 9.95. The molecule has 1 aromatic heterocycles. The molecule has 2 rings (SSSR count). The second-order valence-corrected chi connectivity index (χ2v) is 5.65. The van der Waals surface area contributed by atoms with Crippen LogP contribution in [0.15, 0.2) is 6.33 Å². The van der Waals surface area contributed by atoms with E-state index in [4.69, 9.17) is 10.5 Å². The average molecular weight is 268 g/mol.